The first-order valence-electron chi connectivity index (χ1n) is 7.23. The largest absolute Gasteiger partial charge is 0.396 e. The van der Waals surface area contributed by atoms with E-state index in [0.29, 0.717) is 5.92 Å². The van der Waals surface area contributed by atoms with Crippen LogP contribution in [0.1, 0.15) is 31.1 Å². The fraction of sp³-hybridized carbons (Fsp3) is 0.500. The first-order valence-corrected chi connectivity index (χ1v) is 8.43. The van der Waals surface area contributed by atoms with Gasteiger partial charge < -0.3 is 10.4 Å². The van der Waals surface area contributed by atoms with Crippen molar-refractivity contribution in [1.29, 1.82) is 0 Å². The molecule has 0 saturated heterocycles. The van der Waals surface area contributed by atoms with Gasteiger partial charge >= 0.3 is 0 Å². The zero-order valence-corrected chi connectivity index (χ0v) is 13.4. The minimum atomic E-state index is 0.274. The van der Waals surface area contributed by atoms with Crippen LogP contribution in [0.4, 0.5) is 0 Å². The molecule has 0 saturated carbocycles. The average Bonchev–Trinajstić information content (AvgIpc) is 2.77. The van der Waals surface area contributed by atoms with Gasteiger partial charge in [0.25, 0.3) is 0 Å². The standard InChI is InChI=1S/C16H22ClNOS/c1-2-5-12(8-9-19)10-18-11-15-16(17)13-6-3-4-7-14(13)20-15/h3-4,6-7,12,18-19H,2,5,8-11H2,1H3. The molecule has 1 aromatic carbocycles. The highest BCUT2D eigenvalue weighted by Crippen LogP contribution is 2.34. The third-order valence-corrected chi connectivity index (χ3v) is 5.27. The van der Waals surface area contributed by atoms with Crippen molar-refractivity contribution in [3.8, 4) is 0 Å². The van der Waals surface area contributed by atoms with Crippen LogP contribution in [0.3, 0.4) is 0 Å². The molecule has 1 heterocycles. The van der Waals surface area contributed by atoms with Crippen molar-refractivity contribution in [2.75, 3.05) is 13.2 Å². The minimum absolute atomic E-state index is 0.274. The Morgan fingerprint density at radius 3 is 2.80 bits per heavy atom. The molecule has 0 aliphatic heterocycles. The van der Waals surface area contributed by atoms with E-state index >= 15 is 0 Å². The van der Waals surface area contributed by atoms with Crippen LogP contribution in [0.5, 0.6) is 0 Å². The summed E-state index contributed by atoms with van der Waals surface area (Å²) in [6.07, 6.45) is 3.20. The molecule has 4 heteroatoms. The molecular formula is C16H22ClNOS. The second kappa shape index (κ2) is 7.99. The van der Waals surface area contributed by atoms with Crippen molar-refractivity contribution in [1.82, 2.24) is 5.32 Å². The van der Waals surface area contributed by atoms with E-state index in [-0.39, 0.29) is 6.61 Å². The number of aliphatic hydroxyl groups is 1. The zero-order chi connectivity index (χ0) is 14.4. The Hall–Kier alpha value is -0.610. The van der Waals surface area contributed by atoms with E-state index in [9.17, 15) is 0 Å². The van der Waals surface area contributed by atoms with Crippen LogP contribution in [0, 0.1) is 5.92 Å². The van der Waals surface area contributed by atoms with E-state index in [4.69, 9.17) is 16.7 Å². The minimum Gasteiger partial charge on any atom is -0.396 e. The first-order chi connectivity index (χ1) is 9.76. The van der Waals surface area contributed by atoms with Gasteiger partial charge in [-0.15, -0.1) is 11.3 Å². The lowest BCUT2D eigenvalue weighted by Gasteiger charge is -2.15. The summed E-state index contributed by atoms with van der Waals surface area (Å²) in [5.74, 6) is 0.554. The predicted octanol–water partition coefficient (Wildman–Crippen LogP) is 4.44. The smallest absolute Gasteiger partial charge is 0.0636 e. The van der Waals surface area contributed by atoms with Crippen LogP contribution >= 0.6 is 22.9 Å². The van der Waals surface area contributed by atoms with Gasteiger partial charge in [-0.25, -0.2) is 0 Å². The number of benzene rings is 1. The van der Waals surface area contributed by atoms with Crippen molar-refractivity contribution in [2.24, 2.45) is 5.92 Å². The van der Waals surface area contributed by atoms with Gasteiger partial charge in [-0.2, -0.15) is 0 Å². The third-order valence-electron chi connectivity index (χ3n) is 3.55. The number of hydrogen-bond acceptors (Lipinski definition) is 3. The number of hydrogen-bond donors (Lipinski definition) is 2. The molecule has 2 nitrogen and oxygen atoms in total. The molecule has 0 fully saturated rings. The van der Waals surface area contributed by atoms with Crippen LogP contribution in [0.15, 0.2) is 24.3 Å². The number of thiophene rings is 1. The number of aliphatic hydroxyl groups excluding tert-OH is 1. The zero-order valence-electron chi connectivity index (χ0n) is 11.9. The molecule has 0 aliphatic rings. The van der Waals surface area contributed by atoms with Gasteiger partial charge in [0.15, 0.2) is 0 Å². The highest BCUT2D eigenvalue weighted by atomic mass is 35.5. The summed E-state index contributed by atoms with van der Waals surface area (Å²) in [5.41, 5.74) is 0. The number of rotatable bonds is 8. The Morgan fingerprint density at radius 2 is 2.10 bits per heavy atom. The van der Waals surface area contributed by atoms with Crippen molar-refractivity contribution >= 4 is 33.0 Å². The normalized spacial score (nSPS) is 12.9. The molecule has 2 N–H and O–H groups in total. The van der Waals surface area contributed by atoms with Crippen LogP contribution in [0.2, 0.25) is 5.02 Å². The fourth-order valence-corrected chi connectivity index (χ4v) is 3.98. The Bertz CT molecular complexity index is 534. The van der Waals surface area contributed by atoms with Gasteiger partial charge in [-0.3, -0.25) is 0 Å². The summed E-state index contributed by atoms with van der Waals surface area (Å²) in [7, 11) is 0. The molecule has 0 aliphatic carbocycles. The van der Waals surface area contributed by atoms with Gasteiger partial charge in [0, 0.05) is 28.1 Å². The number of fused-ring (bicyclic) bond motifs is 1. The van der Waals surface area contributed by atoms with Crippen LogP contribution < -0.4 is 5.32 Å². The van der Waals surface area contributed by atoms with Gasteiger partial charge in [0.2, 0.25) is 0 Å². The quantitative estimate of drug-likeness (QED) is 0.755. The first kappa shape index (κ1) is 15.8. The van der Waals surface area contributed by atoms with Gasteiger partial charge in [-0.05, 0) is 31.4 Å². The molecule has 0 radical (unpaired) electrons. The lowest BCUT2D eigenvalue weighted by molar-refractivity contribution is 0.248. The molecule has 0 bridgehead atoms. The maximum absolute atomic E-state index is 9.07. The molecule has 0 amide bonds. The monoisotopic (exact) mass is 311 g/mol. The van der Waals surface area contributed by atoms with E-state index in [0.717, 1.165) is 42.8 Å². The van der Waals surface area contributed by atoms with Gasteiger partial charge in [-0.1, -0.05) is 43.1 Å². The fourth-order valence-electron chi connectivity index (χ4n) is 2.51. The summed E-state index contributed by atoms with van der Waals surface area (Å²) in [5, 5.41) is 14.6. The van der Waals surface area contributed by atoms with Gasteiger partial charge in [0.05, 0.1) is 5.02 Å². The molecule has 110 valence electrons. The summed E-state index contributed by atoms with van der Waals surface area (Å²) in [6.45, 7) is 4.21. The molecule has 2 rings (SSSR count). The second-order valence-electron chi connectivity index (χ2n) is 5.13. The Balaban J connectivity index is 1.93. The Labute approximate surface area is 129 Å². The lowest BCUT2D eigenvalue weighted by atomic mass is 10.0. The SMILES string of the molecule is CCCC(CCO)CNCc1sc2ccccc2c1Cl. The maximum atomic E-state index is 9.07. The Kier molecular flexibility index (Phi) is 6.30. The van der Waals surface area contributed by atoms with Crippen LogP contribution in [-0.4, -0.2) is 18.3 Å². The maximum Gasteiger partial charge on any atom is 0.0636 e. The molecule has 0 spiro atoms. The molecular weight excluding hydrogens is 290 g/mol. The summed E-state index contributed by atoms with van der Waals surface area (Å²) < 4.78 is 1.25. The molecule has 2 aromatic rings. The third kappa shape index (κ3) is 3.95. The second-order valence-corrected chi connectivity index (χ2v) is 6.65. The van der Waals surface area contributed by atoms with Crippen molar-refractivity contribution in [2.45, 2.75) is 32.7 Å². The lowest BCUT2D eigenvalue weighted by Crippen LogP contribution is -2.23. The number of nitrogens with one attached hydrogen (secondary N) is 1. The summed E-state index contributed by atoms with van der Waals surface area (Å²) in [4.78, 5) is 1.20. The van der Waals surface area contributed by atoms with E-state index in [2.05, 4.69) is 24.4 Å². The average molecular weight is 312 g/mol. The van der Waals surface area contributed by atoms with E-state index < -0.39 is 0 Å². The Morgan fingerprint density at radius 1 is 1.30 bits per heavy atom. The van der Waals surface area contributed by atoms with E-state index in [1.165, 1.54) is 9.58 Å². The van der Waals surface area contributed by atoms with Crippen LogP contribution in [0.25, 0.3) is 10.1 Å². The summed E-state index contributed by atoms with van der Waals surface area (Å²) in [6, 6.07) is 8.26. The number of halogens is 1. The predicted molar refractivity (Wildman–Crippen MR) is 88.6 cm³/mol. The topological polar surface area (TPSA) is 32.3 Å². The van der Waals surface area contributed by atoms with Crippen molar-refractivity contribution in [3.05, 3.63) is 34.2 Å². The van der Waals surface area contributed by atoms with Gasteiger partial charge in [0.1, 0.15) is 0 Å². The van der Waals surface area contributed by atoms with E-state index in [1.807, 2.05) is 12.1 Å². The van der Waals surface area contributed by atoms with Crippen molar-refractivity contribution < 1.29 is 5.11 Å². The molecule has 1 aromatic heterocycles. The highest BCUT2D eigenvalue weighted by molar-refractivity contribution is 7.19. The van der Waals surface area contributed by atoms with Crippen LogP contribution in [-0.2, 0) is 6.54 Å². The van der Waals surface area contributed by atoms with E-state index in [1.54, 1.807) is 11.3 Å². The highest BCUT2D eigenvalue weighted by Gasteiger charge is 2.11. The summed E-state index contributed by atoms with van der Waals surface area (Å²) >= 11 is 8.18. The molecule has 20 heavy (non-hydrogen) atoms. The molecule has 1 atom stereocenters. The van der Waals surface area contributed by atoms with Crippen molar-refractivity contribution in [3.63, 3.8) is 0 Å². The molecule has 1 unspecified atom stereocenters.